The molecule has 0 saturated heterocycles. The molecule has 0 aromatic carbocycles. The Kier molecular flexibility index (Phi) is 2.46. The maximum absolute atomic E-state index is 4.36. The molecular formula is C16H26N2. The van der Waals surface area contributed by atoms with Crippen molar-refractivity contribution in [1.82, 2.24) is 9.55 Å². The molecule has 18 heavy (non-hydrogen) atoms. The zero-order valence-electron chi connectivity index (χ0n) is 12.4. The standard InChI is InChI=1S/C16H26N2/c1-11-6-16(9-18-8-12(2)17-10-18)7-13(16)14(11)15(3,4)5/h8,10-11,13-14H,6-7,9H2,1-5H3/t11-,13+,14?,16+/m1/s1. The van der Waals surface area contributed by atoms with Crippen LogP contribution >= 0.6 is 0 Å². The summed E-state index contributed by atoms with van der Waals surface area (Å²) in [7, 11) is 0. The van der Waals surface area contributed by atoms with Gasteiger partial charge < -0.3 is 4.57 Å². The number of fused-ring (bicyclic) bond motifs is 1. The van der Waals surface area contributed by atoms with E-state index >= 15 is 0 Å². The first kappa shape index (κ1) is 12.3. The van der Waals surface area contributed by atoms with E-state index in [-0.39, 0.29) is 0 Å². The van der Waals surface area contributed by atoms with E-state index in [1.54, 1.807) is 0 Å². The summed E-state index contributed by atoms with van der Waals surface area (Å²) in [6, 6.07) is 0. The van der Waals surface area contributed by atoms with Gasteiger partial charge in [-0.2, -0.15) is 0 Å². The quantitative estimate of drug-likeness (QED) is 0.774. The minimum atomic E-state index is 0.465. The smallest absolute Gasteiger partial charge is 0.0949 e. The number of aryl methyl sites for hydroxylation is 1. The summed E-state index contributed by atoms with van der Waals surface area (Å²) in [4.78, 5) is 4.36. The third-order valence-electron chi connectivity index (χ3n) is 5.29. The molecule has 0 bridgehead atoms. The Morgan fingerprint density at radius 1 is 1.39 bits per heavy atom. The topological polar surface area (TPSA) is 17.8 Å². The Bertz CT molecular complexity index is 454. The van der Waals surface area contributed by atoms with E-state index < -0.39 is 0 Å². The summed E-state index contributed by atoms with van der Waals surface area (Å²) in [6.45, 7) is 13.0. The lowest BCUT2D eigenvalue weighted by atomic mass is 9.73. The zero-order chi connectivity index (χ0) is 13.1. The van der Waals surface area contributed by atoms with Crippen LogP contribution in [0.1, 0.15) is 46.2 Å². The second kappa shape index (κ2) is 3.61. The highest BCUT2D eigenvalue weighted by atomic mass is 15.1. The van der Waals surface area contributed by atoms with Crippen LogP contribution in [0.25, 0.3) is 0 Å². The molecule has 4 atom stereocenters. The molecule has 1 aromatic heterocycles. The minimum Gasteiger partial charge on any atom is -0.337 e. The number of nitrogens with zero attached hydrogens (tertiary/aromatic N) is 2. The SMILES string of the molecule is Cc1cn(C[C@@]23C[C@@H](C)C(C(C)(C)C)[C@@H]2C3)cn1. The Hall–Kier alpha value is -0.790. The van der Waals surface area contributed by atoms with Crippen molar-refractivity contribution in [2.24, 2.45) is 28.6 Å². The Labute approximate surface area is 111 Å². The largest absolute Gasteiger partial charge is 0.337 e. The molecule has 3 rings (SSSR count). The predicted octanol–water partition coefficient (Wildman–Crippen LogP) is 3.90. The van der Waals surface area contributed by atoms with Crippen LogP contribution in [0, 0.1) is 35.5 Å². The molecular weight excluding hydrogens is 220 g/mol. The van der Waals surface area contributed by atoms with E-state index in [0.717, 1.165) is 23.4 Å². The van der Waals surface area contributed by atoms with Gasteiger partial charge in [-0.15, -0.1) is 0 Å². The summed E-state index contributed by atoms with van der Waals surface area (Å²) in [5.41, 5.74) is 2.21. The molecule has 2 nitrogen and oxygen atoms in total. The summed E-state index contributed by atoms with van der Waals surface area (Å²) in [5, 5.41) is 0. The molecule has 0 spiro atoms. The second-order valence-corrected chi connectivity index (χ2v) is 7.93. The summed E-state index contributed by atoms with van der Waals surface area (Å²) in [5.74, 6) is 2.74. The lowest BCUT2D eigenvalue weighted by Crippen LogP contribution is -2.25. The van der Waals surface area contributed by atoms with Gasteiger partial charge in [-0.3, -0.25) is 0 Å². The fourth-order valence-electron chi connectivity index (χ4n) is 4.91. The van der Waals surface area contributed by atoms with Crippen molar-refractivity contribution in [3.63, 3.8) is 0 Å². The maximum atomic E-state index is 4.36. The van der Waals surface area contributed by atoms with Gasteiger partial charge in [0.1, 0.15) is 0 Å². The molecule has 1 unspecified atom stereocenters. The van der Waals surface area contributed by atoms with Crippen LogP contribution in [0.5, 0.6) is 0 Å². The third-order valence-corrected chi connectivity index (χ3v) is 5.29. The Morgan fingerprint density at radius 2 is 2.11 bits per heavy atom. The van der Waals surface area contributed by atoms with Gasteiger partial charge in [-0.1, -0.05) is 27.7 Å². The lowest BCUT2D eigenvalue weighted by Gasteiger charge is -2.32. The Balaban J connectivity index is 1.77. The highest BCUT2D eigenvalue weighted by Crippen LogP contribution is 2.71. The first-order valence-electron chi connectivity index (χ1n) is 7.30. The molecule has 0 N–H and O–H groups in total. The van der Waals surface area contributed by atoms with Gasteiger partial charge >= 0.3 is 0 Å². The van der Waals surface area contributed by atoms with Gasteiger partial charge in [0.25, 0.3) is 0 Å². The highest BCUT2D eigenvalue weighted by Gasteiger charge is 2.65. The van der Waals surface area contributed by atoms with Crippen molar-refractivity contribution in [3.8, 4) is 0 Å². The first-order valence-corrected chi connectivity index (χ1v) is 7.30. The van der Waals surface area contributed by atoms with E-state index in [1.165, 1.54) is 19.4 Å². The van der Waals surface area contributed by atoms with Crippen LogP contribution < -0.4 is 0 Å². The molecule has 2 saturated carbocycles. The molecule has 1 aromatic rings. The van der Waals surface area contributed by atoms with E-state index in [4.69, 9.17) is 0 Å². The van der Waals surface area contributed by atoms with Crippen LogP contribution in [-0.2, 0) is 6.54 Å². The van der Waals surface area contributed by atoms with Crippen LogP contribution in [0.2, 0.25) is 0 Å². The number of rotatable bonds is 2. The van der Waals surface area contributed by atoms with Crippen molar-refractivity contribution in [2.75, 3.05) is 0 Å². The fourth-order valence-corrected chi connectivity index (χ4v) is 4.91. The van der Waals surface area contributed by atoms with Crippen molar-refractivity contribution < 1.29 is 0 Å². The minimum absolute atomic E-state index is 0.465. The predicted molar refractivity (Wildman–Crippen MR) is 74.2 cm³/mol. The van der Waals surface area contributed by atoms with Gasteiger partial charge in [0.15, 0.2) is 0 Å². The van der Waals surface area contributed by atoms with Gasteiger partial charge in [0.05, 0.1) is 12.0 Å². The van der Waals surface area contributed by atoms with Crippen LogP contribution in [-0.4, -0.2) is 9.55 Å². The molecule has 2 fully saturated rings. The van der Waals surface area contributed by atoms with Gasteiger partial charge in [-0.05, 0) is 48.3 Å². The molecule has 100 valence electrons. The van der Waals surface area contributed by atoms with Crippen LogP contribution in [0.3, 0.4) is 0 Å². The van der Waals surface area contributed by atoms with Crippen molar-refractivity contribution in [3.05, 3.63) is 18.2 Å². The molecule has 2 heteroatoms. The van der Waals surface area contributed by atoms with Gasteiger partial charge in [0.2, 0.25) is 0 Å². The maximum Gasteiger partial charge on any atom is 0.0949 e. The van der Waals surface area contributed by atoms with Crippen LogP contribution in [0.4, 0.5) is 0 Å². The number of aromatic nitrogens is 2. The van der Waals surface area contributed by atoms with Gasteiger partial charge in [-0.25, -0.2) is 4.98 Å². The second-order valence-electron chi connectivity index (χ2n) is 7.93. The monoisotopic (exact) mass is 246 g/mol. The van der Waals surface area contributed by atoms with Gasteiger partial charge in [0, 0.05) is 12.7 Å². The average Bonchev–Trinajstić information content (AvgIpc) is 2.59. The third kappa shape index (κ3) is 1.81. The summed E-state index contributed by atoms with van der Waals surface area (Å²) < 4.78 is 2.31. The molecule has 0 amide bonds. The Morgan fingerprint density at radius 3 is 2.61 bits per heavy atom. The highest BCUT2D eigenvalue weighted by molar-refractivity contribution is 5.14. The van der Waals surface area contributed by atoms with E-state index in [0.29, 0.717) is 10.8 Å². The summed E-state index contributed by atoms with van der Waals surface area (Å²) in [6.07, 6.45) is 7.06. The normalized spacial score (nSPS) is 38.8. The fraction of sp³-hybridized carbons (Fsp3) is 0.812. The number of hydrogen-bond donors (Lipinski definition) is 0. The first-order chi connectivity index (χ1) is 8.32. The molecule has 0 radical (unpaired) electrons. The zero-order valence-corrected chi connectivity index (χ0v) is 12.4. The number of hydrogen-bond acceptors (Lipinski definition) is 1. The molecule has 2 aliphatic carbocycles. The molecule has 2 aliphatic rings. The summed E-state index contributed by atoms with van der Waals surface area (Å²) >= 11 is 0. The van der Waals surface area contributed by atoms with E-state index in [2.05, 4.69) is 50.4 Å². The lowest BCUT2D eigenvalue weighted by molar-refractivity contribution is 0.167. The van der Waals surface area contributed by atoms with E-state index in [1.807, 2.05) is 6.33 Å². The van der Waals surface area contributed by atoms with Crippen molar-refractivity contribution in [2.45, 2.75) is 54.0 Å². The van der Waals surface area contributed by atoms with Crippen LogP contribution in [0.15, 0.2) is 12.5 Å². The molecule has 1 heterocycles. The van der Waals surface area contributed by atoms with E-state index in [9.17, 15) is 0 Å². The number of imidazole rings is 1. The van der Waals surface area contributed by atoms with Crippen molar-refractivity contribution >= 4 is 0 Å². The molecule has 0 aliphatic heterocycles. The van der Waals surface area contributed by atoms with Crippen molar-refractivity contribution in [1.29, 1.82) is 0 Å². The average molecular weight is 246 g/mol.